The maximum Gasteiger partial charge on any atom is 0.0207 e. The lowest BCUT2D eigenvalue weighted by Crippen LogP contribution is -2.14. The second-order valence-corrected chi connectivity index (χ2v) is 4.32. The third-order valence-electron chi connectivity index (χ3n) is 2.06. The molecule has 0 heterocycles. The molecule has 2 heteroatoms. The van der Waals surface area contributed by atoms with Crippen molar-refractivity contribution in [2.45, 2.75) is 32.2 Å². The van der Waals surface area contributed by atoms with Crippen molar-refractivity contribution < 1.29 is 0 Å². The molecule has 1 atom stereocenters. The van der Waals surface area contributed by atoms with E-state index in [1.54, 1.807) is 0 Å². The Hall–Kier alpha value is -0.340. The highest BCUT2D eigenvalue weighted by Gasteiger charge is 1.99. The lowest BCUT2D eigenvalue weighted by Gasteiger charge is -2.06. The topological polar surface area (TPSA) is 26.0 Å². The molecule has 0 saturated heterocycles. The minimum absolute atomic E-state index is 0.322. The fraction of sp³-hybridized carbons (Fsp3) is 0.455. The average molecular weight is 242 g/mol. The molecule has 0 fully saturated rings. The summed E-state index contributed by atoms with van der Waals surface area (Å²) in [6.07, 6.45) is 3.38. The summed E-state index contributed by atoms with van der Waals surface area (Å²) in [5, 5.41) is 0. The Morgan fingerprint density at radius 1 is 1.38 bits per heavy atom. The number of nitrogens with two attached hydrogens (primary N) is 1. The quantitative estimate of drug-likeness (QED) is 0.862. The molecule has 0 spiro atoms. The van der Waals surface area contributed by atoms with E-state index in [1.165, 1.54) is 16.5 Å². The van der Waals surface area contributed by atoms with Crippen LogP contribution in [0.4, 0.5) is 0 Å². The van der Waals surface area contributed by atoms with E-state index in [-0.39, 0.29) is 0 Å². The zero-order valence-electron chi connectivity index (χ0n) is 7.96. The minimum Gasteiger partial charge on any atom is -0.328 e. The van der Waals surface area contributed by atoms with Crippen molar-refractivity contribution in [2.24, 2.45) is 5.73 Å². The van der Waals surface area contributed by atoms with Crippen molar-refractivity contribution in [1.29, 1.82) is 0 Å². The van der Waals surface area contributed by atoms with Crippen molar-refractivity contribution in [1.82, 2.24) is 0 Å². The van der Waals surface area contributed by atoms with Gasteiger partial charge in [-0.15, -0.1) is 0 Å². The van der Waals surface area contributed by atoms with Crippen molar-refractivity contribution in [3.63, 3.8) is 0 Å². The van der Waals surface area contributed by atoms with Gasteiger partial charge in [0.15, 0.2) is 0 Å². The van der Waals surface area contributed by atoms with E-state index in [0.717, 1.165) is 12.8 Å². The van der Waals surface area contributed by atoms with Gasteiger partial charge in [-0.2, -0.15) is 0 Å². The van der Waals surface area contributed by atoms with Gasteiger partial charge >= 0.3 is 0 Å². The van der Waals surface area contributed by atoms with Crippen LogP contribution in [0.25, 0.3) is 0 Å². The first kappa shape index (κ1) is 10.7. The fourth-order valence-corrected chi connectivity index (χ4v) is 1.80. The van der Waals surface area contributed by atoms with Crippen LogP contribution in [0.1, 0.15) is 25.3 Å². The van der Waals surface area contributed by atoms with Crippen LogP contribution in [0.5, 0.6) is 0 Å². The molecule has 13 heavy (non-hydrogen) atoms. The number of benzene rings is 1. The van der Waals surface area contributed by atoms with Gasteiger partial charge in [-0.1, -0.05) is 34.1 Å². The van der Waals surface area contributed by atoms with Crippen molar-refractivity contribution in [3.8, 4) is 0 Å². The normalized spacial score (nSPS) is 12.8. The van der Waals surface area contributed by atoms with Crippen LogP contribution in [-0.2, 0) is 6.42 Å². The van der Waals surface area contributed by atoms with E-state index in [0.29, 0.717) is 6.04 Å². The van der Waals surface area contributed by atoms with Crippen LogP contribution >= 0.6 is 15.9 Å². The number of aryl methyl sites for hydroxylation is 1. The van der Waals surface area contributed by atoms with Gasteiger partial charge in [0.05, 0.1) is 0 Å². The van der Waals surface area contributed by atoms with Crippen LogP contribution < -0.4 is 5.73 Å². The summed E-state index contributed by atoms with van der Waals surface area (Å²) in [5.41, 5.74) is 7.06. The molecule has 0 aliphatic heterocycles. The van der Waals surface area contributed by atoms with Crippen LogP contribution in [-0.4, -0.2) is 6.04 Å². The number of rotatable bonds is 4. The van der Waals surface area contributed by atoms with Gasteiger partial charge in [0.1, 0.15) is 0 Å². The largest absolute Gasteiger partial charge is 0.328 e. The maximum absolute atomic E-state index is 5.68. The van der Waals surface area contributed by atoms with Crippen molar-refractivity contribution >= 4 is 15.9 Å². The van der Waals surface area contributed by atoms with Gasteiger partial charge in [-0.25, -0.2) is 0 Å². The predicted molar refractivity (Wildman–Crippen MR) is 60.7 cm³/mol. The molecule has 1 unspecified atom stereocenters. The maximum atomic E-state index is 5.68. The third kappa shape index (κ3) is 3.92. The van der Waals surface area contributed by atoms with Crippen LogP contribution in [0.2, 0.25) is 0 Å². The standard InChI is InChI=1S/C11H16BrN/c1-9(13)5-4-7-10-6-2-3-8-11(10)12/h2-3,6,8-9H,4-5,7,13H2,1H3. The highest BCUT2D eigenvalue weighted by atomic mass is 79.9. The zero-order chi connectivity index (χ0) is 9.68. The molecule has 0 aromatic heterocycles. The Bertz CT molecular complexity index is 258. The first-order valence-corrected chi connectivity index (χ1v) is 5.48. The molecule has 0 saturated carbocycles. The van der Waals surface area contributed by atoms with E-state index in [2.05, 4.69) is 41.1 Å². The number of halogens is 1. The number of hydrogen-bond acceptors (Lipinski definition) is 1. The molecule has 0 bridgehead atoms. The zero-order valence-corrected chi connectivity index (χ0v) is 9.55. The molecule has 1 aromatic carbocycles. The molecule has 2 N–H and O–H groups in total. The molecule has 1 rings (SSSR count). The smallest absolute Gasteiger partial charge is 0.0207 e. The van der Waals surface area contributed by atoms with E-state index in [1.807, 2.05) is 6.07 Å². The second-order valence-electron chi connectivity index (χ2n) is 3.46. The Labute approximate surface area is 88.5 Å². The van der Waals surface area contributed by atoms with E-state index < -0.39 is 0 Å². The number of hydrogen-bond donors (Lipinski definition) is 1. The molecule has 1 nitrogen and oxygen atoms in total. The minimum atomic E-state index is 0.322. The molecule has 0 aliphatic carbocycles. The van der Waals surface area contributed by atoms with Gasteiger partial charge in [0.25, 0.3) is 0 Å². The SMILES string of the molecule is CC(N)CCCc1ccccc1Br. The van der Waals surface area contributed by atoms with Crippen LogP contribution in [0, 0.1) is 0 Å². The van der Waals surface area contributed by atoms with Gasteiger partial charge in [-0.05, 0) is 37.8 Å². The summed E-state index contributed by atoms with van der Waals surface area (Å²) in [6.45, 7) is 2.06. The first-order chi connectivity index (χ1) is 6.20. The van der Waals surface area contributed by atoms with Gasteiger partial charge in [0.2, 0.25) is 0 Å². The Balaban J connectivity index is 2.41. The molecule has 72 valence electrons. The van der Waals surface area contributed by atoms with Gasteiger partial charge in [-0.3, -0.25) is 0 Å². The Morgan fingerprint density at radius 3 is 2.69 bits per heavy atom. The summed E-state index contributed by atoms with van der Waals surface area (Å²) in [5.74, 6) is 0. The van der Waals surface area contributed by atoms with Crippen LogP contribution in [0.15, 0.2) is 28.7 Å². The summed E-state index contributed by atoms with van der Waals surface area (Å²) in [6, 6.07) is 8.68. The molecule has 0 radical (unpaired) electrons. The second kappa shape index (κ2) is 5.40. The summed E-state index contributed by atoms with van der Waals surface area (Å²) < 4.78 is 1.21. The Kier molecular flexibility index (Phi) is 4.46. The summed E-state index contributed by atoms with van der Waals surface area (Å²) >= 11 is 3.53. The van der Waals surface area contributed by atoms with Gasteiger partial charge < -0.3 is 5.73 Å². The van der Waals surface area contributed by atoms with Gasteiger partial charge in [0, 0.05) is 10.5 Å². The van der Waals surface area contributed by atoms with E-state index in [9.17, 15) is 0 Å². The van der Waals surface area contributed by atoms with Crippen LogP contribution in [0.3, 0.4) is 0 Å². The highest BCUT2D eigenvalue weighted by molar-refractivity contribution is 9.10. The molecule has 1 aromatic rings. The highest BCUT2D eigenvalue weighted by Crippen LogP contribution is 2.17. The monoisotopic (exact) mass is 241 g/mol. The summed E-state index contributed by atoms with van der Waals surface area (Å²) in [7, 11) is 0. The molecular formula is C11H16BrN. The Morgan fingerprint density at radius 2 is 2.08 bits per heavy atom. The van der Waals surface area contributed by atoms with E-state index >= 15 is 0 Å². The fourth-order valence-electron chi connectivity index (χ4n) is 1.32. The van der Waals surface area contributed by atoms with Crippen molar-refractivity contribution in [2.75, 3.05) is 0 Å². The van der Waals surface area contributed by atoms with E-state index in [4.69, 9.17) is 5.73 Å². The third-order valence-corrected chi connectivity index (χ3v) is 2.84. The molecule has 0 aliphatic rings. The average Bonchev–Trinajstić information content (AvgIpc) is 2.08. The summed E-state index contributed by atoms with van der Waals surface area (Å²) in [4.78, 5) is 0. The predicted octanol–water partition coefficient (Wildman–Crippen LogP) is 3.12. The lowest BCUT2D eigenvalue weighted by molar-refractivity contribution is 0.624. The lowest BCUT2D eigenvalue weighted by atomic mass is 10.1. The van der Waals surface area contributed by atoms with Crippen molar-refractivity contribution in [3.05, 3.63) is 34.3 Å². The molecular weight excluding hydrogens is 226 g/mol. The first-order valence-electron chi connectivity index (χ1n) is 4.69. The molecule has 0 amide bonds.